The van der Waals surface area contributed by atoms with Crippen LogP contribution < -0.4 is 5.32 Å². The largest absolute Gasteiger partial charge is 0.333 e. The van der Waals surface area contributed by atoms with Gasteiger partial charge in [-0.15, -0.1) is 12.4 Å². The number of aromatic nitrogens is 2. The number of fused-ring (bicyclic) bond motifs is 1. The van der Waals surface area contributed by atoms with Crippen LogP contribution in [0.3, 0.4) is 0 Å². The third-order valence-corrected chi connectivity index (χ3v) is 5.78. The van der Waals surface area contributed by atoms with E-state index in [1.807, 2.05) is 24.6 Å². The Morgan fingerprint density at radius 3 is 2.69 bits per heavy atom. The third kappa shape index (κ3) is 3.26. The van der Waals surface area contributed by atoms with E-state index in [0.717, 1.165) is 31.0 Å². The van der Waals surface area contributed by atoms with Crippen molar-refractivity contribution in [1.82, 2.24) is 20.0 Å². The van der Waals surface area contributed by atoms with Gasteiger partial charge in [0.1, 0.15) is 6.54 Å². The molecule has 4 rings (SSSR count). The van der Waals surface area contributed by atoms with Crippen molar-refractivity contribution in [3.8, 4) is 0 Å². The highest BCUT2D eigenvalue weighted by Crippen LogP contribution is 2.43. The number of benzene rings is 1. The van der Waals surface area contributed by atoms with Gasteiger partial charge in [0.2, 0.25) is 5.91 Å². The normalized spacial score (nSPS) is 24.4. The lowest BCUT2D eigenvalue weighted by atomic mass is 9.87. The second-order valence-electron chi connectivity index (χ2n) is 7.51. The fraction of sp³-hybridized carbons (Fsp3) is 0.500. The van der Waals surface area contributed by atoms with Crippen molar-refractivity contribution < 1.29 is 4.79 Å². The van der Waals surface area contributed by atoms with Crippen LogP contribution in [-0.2, 0) is 11.3 Å². The molecule has 2 aliphatic rings. The molecule has 0 saturated carbocycles. The van der Waals surface area contributed by atoms with E-state index in [9.17, 15) is 4.79 Å². The second-order valence-corrected chi connectivity index (χ2v) is 7.51. The van der Waals surface area contributed by atoms with Crippen molar-refractivity contribution in [3.63, 3.8) is 0 Å². The van der Waals surface area contributed by atoms with Crippen LogP contribution in [-0.4, -0.2) is 40.2 Å². The van der Waals surface area contributed by atoms with Crippen molar-refractivity contribution in [1.29, 1.82) is 0 Å². The molecule has 26 heavy (non-hydrogen) atoms. The maximum atomic E-state index is 13.1. The van der Waals surface area contributed by atoms with Crippen LogP contribution in [0.25, 0.3) is 0 Å². The number of aryl methyl sites for hydroxylation is 3. The minimum Gasteiger partial charge on any atom is -0.333 e. The molecule has 1 aromatic carbocycles. The summed E-state index contributed by atoms with van der Waals surface area (Å²) in [6.45, 7) is 9.30. The minimum absolute atomic E-state index is 0. The van der Waals surface area contributed by atoms with Gasteiger partial charge in [-0.2, -0.15) is 5.10 Å². The Labute approximate surface area is 161 Å². The average Bonchev–Trinajstić information content (AvgIpc) is 3.23. The topological polar surface area (TPSA) is 50.2 Å². The lowest BCUT2D eigenvalue weighted by Crippen LogP contribution is -2.37. The number of hydrogen-bond acceptors (Lipinski definition) is 3. The van der Waals surface area contributed by atoms with Gasteiger partial charge >= 0.3 is 0 Å². The summed E-state index contributed by atoms with van der Waals surface area (Å²) < 4.78 is 1.83. The molecule has 3 heterocycles. The Morgan fingerprint density at radius 2 is 2.00 bits per heavy atom. The Kier molecular flexibility index (Phi) is 5.39. The molecule has 1 amide bonds. The summed E-state index contributed by atoms with van der Waals surface area (Å²) in [5.74, 6) is 1.23. The molecule has 140 valence electrons. The first-order valence-corrected chi connectivity index (χ1v) is 9.11. The fourth-order valence-electron chi connectivity index (χ4n) is 4.55. The summed E-state index contributed by atoms with van der Waals surface area (Å²) in [4.78, 5) is 15.3. The number of nitrogens with one attached hydrogen (secondary N) is 1. The molecule has 2 fully saturated rings. The molecule has 2 aliphatic heterocycles. The lowest BCUT2D eigenvalue weighted by Gasteiger charge is -2.29. The van der Waals surface area contributed by atoms with Crippen molar-refractivity contribution in [2.45, 2.75) is 33.4 Å². The molecule has 1 aromatic heterocycles. The van der Waals surface area contributed by atoms with Gasteiger partial charge in [0.25, 0.3) is 0 Å². The zero-order valence-electron chi connectivity index (χ0n) is 15.6. The lowest BCUT2D eigenvalue weighted by molar-refractivity contribution is -0.133. The highest BCUT2D eigenvalue weighted by Gasteiger charge is 2.47. The first-order valence-electron chi connectivity index (χ1n) is 9.11. The van der Waals surface area contributed by atoms with E-state index in [2.05, 4.69) is 46.5 Å². The second kappa shape index (κ2) is 7.41. The van der Waals surface area contributed by atoms with Crippen LogP contribution in [0.5, 0.6) is 0 Å². The van der Waals surface area contributed by atoms with Gasteiger partial charge in [0.05, 0.1) is 11.7 Å². The predicted molar refractivity (Wildman–Crippen MR) is 104 cm³/mol. The van der Waals surface area contributed by atoms with Gasteiger partial charge in [0.15, 0.2) is 0 Å². The van der Waals surface area contributed by atoms with Crippen LogP contribution in [0, 0.1) is 32.6 Å². The van der Waals surface area contributed by atoms with Crippen molar-refractivity contribution >= 4 is 18.3 Å². The molecule has 0 spiro atoms. The molecule has 3 atom stereocenters. The number of nitrogens with zero attached hydrogens (tertiary/aromatic N) is 3. The highest BCUT2D eigenvalue weighted by molar-refractivity contribution is 5.85. The van der Waals surface area contributed by atoms with Crippen molar-refractivity contribution in [2.75, 3.05) is 19.6 Å². The molecule has 0 aliphatic carbocycles. The number of carbonyl (C=O) groups is 1. The average molecular weight is 375 g/mol. The summed E-state index contributed by atoms with van der Waals surface area (Å²) in [5, 5.41) is 7.98. The van der Waals surface area contributed by atoms with Crippen molar-refractivity contribution in [2.24, 2.45) is 11.8 Å². The van der Waals surface area contributed by atoms with E-state index in [0.29, 0.717) is 18.4 Å². The van der Waals surface area contributed by atoms with Crippen molar-refractivity contribution in [3.05, 3.63) is 52.8 Å². The minimum atomic E-state index is 0. The number of carbonyl (C=O) groups excluding carboxylic acids is 1. The molecule has 1 N–H and O–H groups in total. The van der Waals surface area contributed by atoms with Gasteiger partial charge in [-0.25, -0.2) is 0 Å². The van der Waals surface area contributed by atoms with Gasteiger partial charge in [-0.3, -0.25) is 9.48 Å². The molecule has 0 radical (unpaired) electrons. The fourth-order valence-corrected chi connectivity index (χ4v) is 4.55. The number of rotatable bonds is 3. The Morgan fingerprint density at radius 1 is 1.23 bits per heavy atom. The van der Waals surface area contributed by atoms with E-state index >= 15 is 0 Å². The maximum Gasteiger partial charge on any atom is 0.244 e. The quantitative estimate of drug-likeness (QED) is 0.898. The van der Waals surface area contributed by atoms with Crippen LogP contribution in [0.1, 0.15) is 28.6 Å². The first kappa shape index (κ1) is 18.9. The smallest absolute Gasteiger partial charge is 0.244 e. The molecule has 6 heteroatoms. The summed E-state index contributed by atoms with van der Waals surface area (Å²) in [6, 6.07) is 10.7. The summed E-state index contributed by atoms with van der Waals surface area (Å²) >= 11 is 0. The van der Waals surface area contributed by atoms with Crippen LogP contribution in [0.15, 0.2) is 30.3 Å². The monoisotopic (exact) mass is 374 g/mol. The van der Waals surface area contributed by atoms with Gasteiger partial charge in [-0.05, 0) is 43.9 Å². The first-order chi connectivity index (χ1) is 12.0. The van der Waals surface area contributed by atoms with E-state index < -0.39 is 0 Å². The van der Waals surface area contributed by atoms with Gasteiger partial charge < -0.3 is 10.2 Å². The number of amides is 1. The summed E-state index contributed by atoms with van der Waals surface area (Å²) in [6.07, 6.45) is 0. The molecular formula is C20H27ClN4O. The van der Waals surface area contributed by atoms with E-state index in [-0.39, 0.29) is 24.4 Å². The van der Waals surface area contributed by atoms with E-state index in [4.69, 9.17) is 0 Å². The SMILES string of the molecule is Cc1cc(C)n(CC(=O)N2C[C@@H]3CNC[C@@H]3[C@H]2c2ccccc2C)n1.Cl. The number of hydrogen-bond donors (Lipinski definition) is 1. The Bertz CT molecular complexity index is 803. The van der Waals surface area contributed by atoms with Gasteiger partial charge in [-0.1, -0.05) is 24.3 Å². The Hall–Kier alpha value is -1.85. The molecular weight excluding hydrogens is 348 g/mol. The third-order valence-electron chi connectivity index (χ3n) is 5.78. The number of halogens is 1. The van der Waals surface area contributed by atoms with E-state index in [1.54, 1.807) is 0 Å². The van der Waals surface area contributed by atoms with Crippen LogP contribution in [0.4, 0.5) is 0 Å². The standard InChI is InChI=1S/C20H26N4O.ClH/c1-13-6-4-5-7-17(13)20-18-10-21-9-16(18)11-23(20)19(25)12-24-15(3)8-14(2)22-24;/h4-8,16,18,20-21H,9-12H2,1-3H3;1H/t16-,18-,20+;/m0./s1. The summed E-state index contributed by atoms with van der Waals surface area (Å²) in [5.41, 5.74) is 4.56. The molecule has 2 saturated heterocycles. The molecule has 0 unspecified atom stereocenters. The van der Waals surface area contributed by atoms with E-state index in [1.165, 1.54) is 11.1 Å². The maximum absolute atomic E-state index is 13.1. The van der Waals surface area contributed by atoms with Crippen LogP contribution >= 0.6 is 12.4 Å². The van der Waals surface area contributed by atoms with Gasteiger partial charge in [0, 0.05) is 31.2 Å². The molecule has 5 nitrogen and oxygen atoms in total. The molecule has 0 bridgehead atoms. The highest BCUT2D eigenvalue weighted by atomic mass is 35.5. The molecule has 2 aromatic rings. The zero-order chi connectivity index (χ0) is 17.6. The zero-order valence-corrected chi connectivity index (χ0v) is 16.4. The summed E-state index contributed by atoms with van der Waals surface area (Å²) in [7, 11) is 0. The Balaban J connectivity index is 0.00000196. The van der Waals surface area contributed by atoms with Crippen LogP contribution in [0.2, 0.25) is 0 Å². The predicted octanol–water partition coefficient (Wildman–Crippen LogP) is 2.65. The number of likely N-dealkylation sites (tertiary alicyclic amines) is 1.